The van der Waals surface area contributed by atoms with E-state index < -0.39 is 0 Å². The number of aromatic amines is 1. The van der Waals surface area contributed by atoms with Crippen molar-refractivity contribution in [2.45, 2.75) is 39.2 Å². The lowest BCUT2D eigenvalue weighted by Crippen LogP contribution is -2.31. The number of nitrogens with zero attached hydrogens (tertiary/aromatic N) is 5. The fourth-order valence-electron chi connectivity index (χ4n) is 3.61. The van der Waals surface area contributed by atoms with E-state index in [0.717, 1.165) is 29.9 Å². The van der Waals surface area contributed by atoms with Crippen LogP contribution < -0.4 is 5.56 Å². The second-order valence-corrected chi connectivity index (χ2v) is 6.77. The first-order valence-corrected chi connectivity index (χ1v) is 8.90. The molecule has 1 atom stereocenters. The highest BCUT2D eigenvalue weighted by Crippen LogP contribution is 2.33. The summed E-state index contributed by atoms with van der Waals surface area (Å²) in [6.45, 7) is 4.55. The molecule has 0 radical (unpaired) electrons. The van der Waals surface area contributed by atoms with E-state index >= 15 is 0 Å². The molecule has 1 aliphatic heterocycles. The number of aryl methyl sites for hydroxylation is 2. The lowest BCUT2D eigenvalue weighted by molar-refractivity contribution is 0.0732. The van der Waals surface area contributed by atoms with Gasteiger partial charge in [0, 0.05) is 37.1 Å². The fraction of sp³-hybridized carbons (Fsp3) is 0.444. The van der Waals surface area contributed by atoms with Crippen LogP contribution in [0.1, 0.15) is 53.2 Å². The van der Waals surface area contributed by atoms with Crippen molar-refractivity contribution in [3.05, 3.63) is 51.3 Å². The molecule has 1 N–H and O–H groups in total. The van der Waals surface area contributed by atoms with E-state index in [4.69, 9.17) is 0 Å². The normalized spacial score (nSPS) is 17.3. The largest absolute Gasteiger partial charge is 0.330 e. The Bertz CT molecular complexity index is 1040. The number of aromatic nitrogens is 5. The highest BCUT2D eigenvalue weighted by Gasteiger charge is 2.33. The van der Waals surface area contributed by atoms with Gasteiger partial charge in [-0.1, -0.05) is 6.92 Å². The van der Waals surface area contributed by atoms with Crippen molar-refractivity contribution in [1.29, 1.82) is 0 Å². The number of hydrogen-bond donors (Lipinski definition) is 1. The van der Waals surface area contributed by atoms with Gasteiger partial charge in [0.2, 0.25) is 0 Å². The molecule has 1 aliphatic rings. The van der Waals surface area contributed by atoms with Crippen molar-refractivity contribution < 1.29 is 4.79 Å². The molecule has 0 aliphatic carbocycles. The number of nitrogens with one attached hydrogen (secondary N) is 1. The van der Waals surface area contributed by atoms with Gasteiger partial charge >= 0.3 is 0 Å². The molecule has 0 bridgehead atoms. The van der Waals surface area contributed by atoms with Crippen LogP contribution in [0.5, 0.6) is 0 Å². The lowest BCUT2D eigenvalue weighted by Gasteiger charge is -2.23. The van der Waals surface area contributed by atoms with Crippen LogP contribution in [-0.4, -0.2) is 41.7 Å². The highest BCUT2D eigenvalue weighted by atomic mass is 16.2. The van der Waals surface area contributed by atoms with Gasteiger partial charge in [0.15, 0.2) is 5.65 Å². The summed E-state index contributed by atoms with van der Waals surface area (Å²) in [5, 5.41) is 7.32. The number of hydrogen-bond acceptors (Lipinski definition) is 4. The Kier molecular flexibility index (Phi) is 3.90. The zero-order valence-electron chi connectivity index (χ0n) is 15.2. The summed E-state index contributed by atoms with van der Waals surface area (Å²) in [5.74, 6) is -0.0219. The molecular formula is C18H22N6O2. The average molecular weight is 354 g/mol. The van der Waals surface area contributed by atoms with Crippen LogP contribution in [0.15, 0.2) is 23.1 Å². The predicted octanol–water partition coefficient (Wildman–Crippen LogP) is 1.60. The molecule has 0 aromatic carbocycles. The highest BCUT2D eigenvalue weighted by molar-refractivity contribution is 5.95. The first-order chi connectivity index (χ1) is 12.5. The van der Waals surface area contributed by atoms with Crippen molar-refractivity contribution in [3.8, 4) is 0 Å². The molecule has 3 aromatic heterocycles. The number of rotatable bonds is 3. The van der Waals surface area contributed by atoms with Crippen LogP contribution in [0.25, 0.3) is 5.65 Å². The third kappa shape index (κ3) is 2.53. The minimum absolute atomic E-state index is 0.0219. The molecule has 4 heterocycles. The fourth-order valence-corrected chi connectivity index (χ4v) is 3.61. The number of H-pyrrole nitrogens is 1. The summed E-state index contributed by atoms with van der Waals surface area (Å²) in [5.41, 5.74) is 3.56. The van der Waals surface area contributed by atoms with E-state index in [0.29, 0.717) is 24.2 Å². The van der Waals surface area contributed by atoms with E-state index in [-0.39, 0.29) is 17.5 Å². The summed E-state index contributed by atoms with van der Waals surface area (Å²) >= 11 is 0. The average Bonchev–Trinajstić information content (AvgIpc) is 3.33. The molecule has 8 heteroatoms. The minimum Gasteiger partial charge on any atom is -0.330 e. The second kappa shape index (κ2) is 6.12. The molecule has 1 unspecified atom stereocenters. The Morgan fingerprint density at radius 2 is 2.19 bits per heavy atom. The molecule has 26 heavy (non-hydrogen) atoms. The standard InChI is InChI=1S/C18H22N6O2/c1-4-12-8-17(25)24-16(20-12)9-14(21-24)15-6-5-7-23(15)18(26)13-10-19-22(3)11(13)2/h8-10,15,21H,4-7H2,1-3H3. The van der Waals surface area contributed by atoms with Crippen LogP contribution in [0.4, 0.5) is 0 Å². The molecule has 1 saturated heterocycles. The Labute approximate surface area is 150 Å². The molecule has 1 amide bonds. The molecule has 136 valence electrons. The summed E-state index contributed by atoms with van der Waals surface area (Å²) < 4.78 is 3.15. The Morgan fingerprint density at radius 3 is 2.88 bits per heavy atom. The van der Waals surface area contributed by atoms with Crippen molar-refractivity contribution in [2.75, 3.05) is 6.54 Å². The molecular weight excluding hydrogens is 332 g/mol. The van der Waals surface area contributed by atoms with Crippen LogP contribution in [0.2, 0.25) is 0 Å². The zero-order chi connectivity index (χ0) is 18.4. The van der Waals surface area contributed by atoms with Crippen LogP contribution in [0.3, 0.4) is 0 Å². The van der Waals surface area contributed by atoms with Gasteiger partial charge in [-0.3, -0.25) is 19.4 Å². The maximum Gasteiger partial charge on any atom is 0.272 e. The van der Waals surface area contributed by atoms with E-state index in [1.807, 2.05) is 31.9 Å². The molecule has 1 fully saturated rings. The molecule has 0 spiro atoms. The van der Waals surface area contributed by atoms with Crippen LogP contribution in [-0.2, 0) is 13.5 Å². The van der Waals surface area contributed by atoms with Gasteiger partial charge in [0.25, 0.3) is 11.5 Å². The smallest absolute Gasteiger partial charge is 0.272 e. The monoisotopic (exact) mass is 354 g/mol. The summed E-state index contributed by atoms with van der Waals surface area (Å²) in [6, 6.07) is 3.34. The Hall–Kier alpha value is -2.90. The third-order valence-corrected chi connectivity index (χ3v) is 5.22. The summed E-state index contributed by atoms with van der Waals surface area (Å²) in [6.07, 6.45) is 4.11. The van der Waals surface area contributed by atoms with Crippen LogP contribution >= 0.6 is 0 Å². The van der Waals surface area contributed by atoms with Gasteiger partial charge in [-0.25, -0.2) is 9.50 Å². The Morgan fingerprint density at radius 1 is 1.38 bits per heavy atom. The second-order valence-electron chi connectivity index (χ2n) is 6.77. The molecule has 4 rings (SSSR count). The number of likely N-dealkylation sites (tertiary alicyclic amines) is 1. The van der Waals surface area contributed by atoms with E-state index in [1.54, 1.807) is 16.9 Å². The van der Waals surface area contributed by atoms with Crippen molar-refractivity contribution >= 4 is 11.6 Å². The molecule has 3 aromatic rings. The van der Waals surface area contributed by atoms with Crippen molar-refractivity contribution in [2.24, 2.45) is 7.05 Å². The third-order valence-electron chi connectivity index (χ3n) is 5.22. The van der Waals surface area contributed by atoms with Gasteiger partial charge in [0.05, 0.1) is 23.5 Å². The maximum absolute atomic E-state index is 13.0. The summed E-state index contributed by atoms with van der Waals surface area (Å²) in [7, 11) is 1.83. The SMILES string of the molecule is CCc1cc(=O)n2[nH]c(C3CCCN3C(=O)c3cnn(C)c3C)cc2n1. The van der Waals surface area contributed by atoms with Crippen molar-refractivity contribution in [1.82, 2.24) is 29.3 Å². The van der Waals surface area contributed by atoms with Gasteiger partial charge in [0.1, 0.15) is 0 Å². The number of amides is 1. The topological polar surface area (TPSA) is 88.3 Å². The minimum atomic E-state index is -0.128. The summed E-state index contributed by atoms with van der Waals surface area (Å²) in [4.78, 5) is 31.7. The molecule has 0 saturated carbocycles. The predicted molar refractivity (Wildman–Crippen MR) is 96.1 cm³/mol. The van der Waals surface area contributed by atoms with Gasteiger partial charge in [-0.2, -0.15) is 5.10 Å². The number of fused-ring (bicyclic) bond motifs is 1. The maximum atomic E-state index is 13.0. The van der Waals surface area contributed by atoms with Gasteiger partial charge in [-0.05, 0) is 26.2 Å². The first-order valence-electron chi connectivity index (χ1n) is 8.90. The number of carbonyl (C=O) groups is 1. The van der Waals surface area contributed by atoms with E-state index in [1.165, 1.54) is 4.52 Å². The van der Waals surface area contributed by atoms with Crippen molar-refractivity contribution in [3.63, 3.8) is 0 Å². The zero-order valence-corrected chi connectivity index (χ0v) is 15.2. The Balaban J connectivity index is 1.71. The first kappa shape index (κ1) is 16.6. The lowest BCUT2D eigenvalue weighted by atomic mass is 10.1. The van der Waals surface area contributed by atoms with E-state index in [2.05, 4.69) is 15.2 Å². The van der Waals surface area contributed by atoms with Gasteiger partial charge in [-0.15, -0.1) is 0 Å². The quantitative estimate of drug-likeness (QED) is 0.774. The molecule has 8 nitrogen and oxygen atoms in total. The van der Waals surface area contributed by atoms with Crippen LogP contribution in [0, 0.1) is 6.92 Å². The number of carbonyl (C=O) groups excluding carboxylic acids is 1. The van der Waals surface area contributed by atoms with Gasteiger partial charge < -0.3 is 4.90 Å². The van der Waals surface area contributed by atoms with E-state index in [9.17, 15) is 9.59 Å².